The van der Waals surface area contributed by atoms with E-state index < -0.39 is 5.97 Å². The fourth-order valence-corrected chi connectivity index (χ4v) is 2.06. The maximum Gasteiger partial charge on any atom is 0.304 e. The number of benzene rings is 1. The van der Waals surface area contributed by atoms with Crippen LogP contribution in [0.5, 0.6) is 0 Å². The lowest BCUT2D eigenvalue weighted by molar-refractivity contribution is -0.138. The molecule has 0 bridgehead atoms. The SMILES string of the molecule is Cn1ncc2cc(C(C)(C)CC(=O)O)ccc21. The molecule has 0 unspecified atom stereocenters. The molecule has 0 atom stereocenters. The quantitative estimate of drug-likeness (QED) is 0.883. The van der Waals surface area contributed by atoms with Gasteiger partial charge in [-0.1, -0.05) is 19.9 Å². The lowest BCUT2D eigenvalue weighted by Crippen LogP contribution is -2.21. The molecule has 2 rings (SSSR count). The summed E-state index contributed by atoms with van der Waals surface area (Å²) in [6.07, 6.45) is 1.93. The largest absolute Gasteiger partial charge is 0.481 e. The van der Waals surface area contributed by atoms with Gasteiger partial charge in [0.25, 0.3) is 0 Å². The standard InChI is InChI=1S/C13H16N2O2/c1-13(2,7-12(16)17)10-4-5-11-9(6-10)8-14-15(11)3/h4-6,8H,7H2,1-3H3,(H,16,17). The van der Waals surface area contributed by atoms with Gasteiger partial charge in [-0.3, -0.25) is 9.48 Å². The van der Waals surface area contributed by atoms with Gasteiger partial charge in [0.15, 0.2) is 0 Å². The van der Waals surface area contributed by atoms with E-state index in [9.17, 15) is 4.79 Å². The molecule has 90 valence electrons. The Morgan fingerprint density at radius 1 is 1.47 bits per heavy atom. The zero-order valence-corrected chi connectivity index (χ0v) is 10.3. The third kappa shape index (κ3) is 2.16. The third-order valence-corrected chi connectivity index (χ3v) is 3.12. The fourth-order valence-electron chi connectivity index (χ4n) is 2.06. The molecule has 0 fully saturated rings. The van der Waals surface area contributed by atoms with E-state index in [2.05, 4.69) is 5.10 Å². The van der Waals surface area contributed by atoms with Gasteiger partial charge in [-0.15, -0.1) is 0 Å². The molecule has 0 saturated carbocycles. The molecule has 4 heteroatoms. The first-order valence-corrected chi connectivity index (χ1v) is 5.54. The van der Waals surface area contributed by atoms with E-state index in [1.54, 1.807) is 6.20 Å². The average Bonchev–Trinajstić information content (AvgIpc) is 2.58. The number of carboxylic acids is 1. The topological polar surface area (TPSA) is 55.1 Å². The number of rotatable bonds is 3. The van der Waals surface area contributed by atoms with Gasteiger partial charge in [0.1, 0.15) is 0 Å². The first-order chi connectivity index (χ1) is 7.90. The van der Waals surface area contributed by atoms with Crippen molar-refractivity contribution in [3.8, 4) is 0 Å². The summed E-state index contributed by atoms with van der Waals surface area (Å²) in [5.41, 5.74) is 1.72. The second-order valence-electron chi connectivity index (χ2n) is 5.00. The minimum absolute atomic E-state index is 0.124. The summed E-state index contributed by atoms with van der Waals surface area (Å²) in [5, 5.41) is 14.1. The predicted molar refractivity (Wildman–Crippen MR) is 66.0 cm³/mol. The summed E-state index contributed by atoms with van der Waals surface area (Å²) >= 11 is 0. The minimum atomic E-state index is -0.777. The highest BCUT2D eigenvalue weighted by molar-refractivity contribution is 5.80. The number of hydrogen-bond donors (Lipinski definition) is 1. The molecule has 0 aliphatic rings. The van der Waals surface area contributed by atoms with Gasteiger partial charge in [-0.25, -0.2) is 0 Å². The molecule has 1 aromatic heterocycles. The van der Waals surface area contributed by atoms with Crippen LogP contribution in [0.3, 0.4) is 0 Å². The van der Waals surface area contributed by atoms with Gasteiger partial charge in [0, 0.05) is 17.8 Å². The van der Waals surface area contributed by atoms with Gasteiger partial charge in [0.05, 0.1) is 18.1 Å². The normalized spacial score (nSPS) is 11.9. The summed E-state index contributed by atoms with van der Waals surface area (Å²) in [6, 6.07) is 5.99. The molecule has 1 aromatic carbocycles. The Kier molecular flexibility index (Phi) is 2.65. The van der Waals surface area contributed by atoms with Crippen LogP contribution in [0.2, 0.25) is 0 Å². The maximum absolute atomic E-state index is 10.8. The second kappa shape index (κ2) is 3.87. The van der Waals surface area contributed by atoms with Crippen LogP contribution in [0.4, 0.5) is 0 Å². The highest BCUT2D eigenvalue weighted by atomic mass is 16.4. The Hall–Kier alpha value is -1.84. The molecule has 0 spiro atoms. The van der Waals surface area contributed by atoms with E-state index >= 15 is 0 Å². The van der Waals surface area contributed by atoms with E-state index in [1.807, 2.05) is 43.8 Å². The van der Waals surface area contributed by atoms with E-state index in [1.165, 1.54) is 0 Å². The maximum atomic E-state index is 10.8. The zero-order valence-electron chi connectivity index (χ0n) is 10.3. The third-order valence-electron chi connectivity index (χ3n) is 3.12. The highest BCUT2D eigenvalue weighted by Gasteiger charge is 2.24. The van der Waals surface area contributed by atoms with Crippen molar-refractivity contribution >= 4 is 16.9 Å². The summed E-state index contributed by atoms with van der Waals surface area (Å²) in [7, 11) is 1.89. The molecule has 0 amide bonds. The molecule has 17 heavy (non-hydrogen) atoms. The van der Waals surface area contributed by atoms with Crippen molar-refractivity contribution in [3.05, 3.63) is 30.0 Å². The van der Waals surface area contributed by atoms with Crippen molar-refractivity contribution in [2.75, 3.05) is 0 Å². The van der Waals surface area contributed by atoms with Crippen molar-refractivity contribution in [2.45, 2.75) is 25.7 Å². The summed E-state index contributed by atoms with van der Waals surface area (Å²) in [4.78, 5) is 10.8. The molecule has 0 radical (unpaired) electrons. The number of carboxylic acid groups (broad SMARTS) is 1. The first kappa shape index (κ1) is 11.6. The number of nitrogens with zero attached hydrogens (tertiary/aromatic N) is 2. The number of hydrogen-bond acceptors (Lipinski definition) is 2. The van der Waals surface area contributed by atoms with Crippen LogP contribution in [0.25, 0.3) is 10.9 Å². The Labute approximate surface area is 99.9 Å². The van der Waals surface area contributed by atoms with E-state index in [0.717, 1.165) is 16.5 Å². The first-order valence-electron chi connectivity index (χ1n) is 5.54. The minimum Gasteiger partial charge on any atom is -0.481 e. The molecule has 0 aliphatic heterocycles. The van der Waals surface area contributed by atoms with Crippen molar-refractivity contribution in [1.82, 2.24) is 9.78 Å². The molecule has 2 aromatic rings. The van der Waals surface area contributed by atoms with Gasteiger partial charge >= 0.3 is 5.97 Å². The molecular weight excluding hydrogens is 216 g/mol. The number of aliphatic carboxylic acids is 1. The van der Waals surface area contributed by atoms with E-state index in [0.29, 0.717) is 0 Å². The molecule has 1 heterocycles. The van der Waals surface area contributed by atoms with Crippen LogP contribution in [-0.4, -0.2) is 20.9 Å². The Morgan fingerprint density at radius 2 is 2.18 bits per heavy atom. The lowest BCUT2D eigenvalue weighted by Gasteiger charge is -2.23. The Bertz CT molecular complexity index is 570. The second-order valence-corrected chi connectivity index (χ2v) is 5.00. The van der Waals surface area contributed by atoms with Crippen molar-refractivity contribution in [1.29, 1.82) is 0 Å². The summed E-state index contributed by atoms with van der Waals surface area (Å²) in [6.45, 7) is 3.89. The highest BCUT2D eigenvalue weighted by Crippen LogP contribution is 2.29. The Morgan fingerprint density at radius 3 is 2.82 bits per heavy atom. The van der Waals surface area contributed by atoms with E-state index in [4.69, 9.17) is 5.11 Å². The Balaban J connectivity index is 2.45. The van der Waals surface area contributed by atoms with Crippen molar-refractivity contribution in [2.24, 2.45) is 7.05 Å². The zero-order chi connectivity index (χ0) is 12.6. The van der Waals surface area contributed by atoms with Crippen LogP contribution >= 0.6 is 0 Å². The average molecular weight is 232 g/mol. The molecular formula is C13H16N2O2. The van der Waals surface area contributed by atoms with Gasteiger partial charge < -0.3 is 5.11 Å². The molecule has 0 saturated heterocycles. The summed E-state index contributed by atoms with van der Waals surface area (Å²) < 4.78 is 1.81. The number of aryl methyl sites for hydroxylation is 1. The number of fused-ring (bicyclic) bond motifs is 1. The van der Waals surface area contributed by atoms with Crippen LogP contribution in [0.1, 0.15) is 25.8 Å². The summed E-state index contributed by atoms with van der Waals surface area (Å²) in [5.74, 6) is -0.777. The fraction of sp³-hybridized carbons (Fsp3) is 0.385. The van der Waals surface area contributed by atoms with Crippen LogP contribution in [0.15, 0.2) is 24.4 Å². The van der Waals surface area contributed by atoms with Crippen LogP contribution in [0, 0.1) is 0 Å². The monoisotopic (exact) mass is 232 g/mol. The van der Waals surface area contributed by atoms with Crippen molar-refractivity contribution in [3.63, 3.8) is 0 Å². The lowest BCUT2D eigenvalue weighted by atomic mass is 9.81. The molecule has 0 aliphatic carbocycles. The van der Waals surface area contributed by atoms with Crippen LogP contribution < -0.4 is 0 Å². The predicted octanol–water partition coefficient (Wildman–Crippen LogP) is 2.33. The van der Waals surface area contributed by atoms with Gasteiger partial charge in [0.2, 0.25) is 0 Å². The number of aromatic nitrogens is 2. The molecule has 1 N–H and O–H groups in total. The van der Waals surface area contributed by atoms with Crippen LogP contribution in [-0.2, 0) is 17.3 Å². The smallest absolute Gasteiger partial charge is 0.304 e. The van der Waals surface area contributed by atoms with Crippen molar-refractivity contribution < 1.29 is 9.90 Å². The number of carbonyl (C=O) groups is 1. The van der Waals surface area contributed by atoms with Gasteiger partial charge in [-0.05, 0) is 17.7 Å². The molecule has 4 nitrogen and oxygen atoms in total. The van der Waals surface area contributed by atoms with E-state index in [-0.39, 0.29) is 11.8 Å². The van der Waals surface area contributed by atoms with Gasteiger partial charge in [-0.2, -0.15) is 5.10 Å².